The summed E-state index contributed by atoms with van der Waals surface area (Å²) in [5, 5.41) is 20.9. The summed E-state index contributed by atoms with van der Waals surface area (Å²) in [7, 11) is 0. The molecule has 0 atom stereocenters. The minimum atomic E-state index is -0.143. The van der Waals surface area contributed by atoms with Gasteiger partial charge in [-0.3, -0.25) is 4.79 Å². The highest BCUT2D eigenvalue weighted by Crippen LogP contribution is 2.17. The van der Waals surface area contributed by atoms with Crippen LogP contribution in [0.3, 0.4) is 0 Å². The van der Waals surface area contributed by atoms with Crippen molar-refractivity contribution in [3.05, 3.63) is 36.0 Å². The first-order chi connectivity index (χ1) is 9.24. The Labute approximate surface area is 110 Å². The van der Waals surface area contributed by atoms with Crippen molar-refractivity contribution in [3.63, 3.8) is 0 Å². The molecule has 1 heterocycles. The van der Waals surface area contributed by atoms with Gasteiger partial charge in [-0.05, 0) is 23.6 Å². The number of aromatic nitrogens is 1. The Kier molecular flexibility index (Phi) is 3.80. The fourth-order valence-electron chi connectivity index (χ4n) is 1.86. The maximum Gasteiger partial charge on any atom is 0.239 e. The summed E-state index contributed by atoms with van der Waals surface area (Å²) in [6.07, 6.45) is 2.12. The van der Waals surface area contributed by atoms with Crippen LogP contribution in [0.15, 0.2) is 30.5 Å². The molecule has 0 aliphatic rings. The number of nitriles is 2. The summed E-state index contributed by atoms with van der Waals surface area (Å²) in [6.45, 7) is 0.543. The number of rotatable bonds is 4. The zero-order valence-corrected chi connectivity index (χ0v) is 10.3. The van der Waals surface area contributed by atoms with Gasteiger partial charge in [-0.1, -0.05) is 6.07 Å². The van der Waals surface area contributed by atoms with Gasteiger partial charge in [0, 0.05) is 18.3 Å². The van der Waals surface area contributed by atoms with E-state index in [1.807, 2.05) is 24.4 Å². The second-order valence-corrected chi connectivity index (χ2v) is 4.09. The smallest absolute Gasteiger partial charge is 0.239 e. The van der Waals surface area contributed by atoms with E-state index in [1.54, 1.807) is 16.7 Å². The molecule has 2 rings (SSSR count). The van der Waals surface area contributed by atoms with Gasteiger partial charge in [0.05, 0.1) is 24.1 Å². The van der Waals surface area contributed by atoms with Crippen LogP contribution in [0.25, 0.3) is 10.9 Å². The molecule has 1 amide bonds. The van der Waals surface area contributed by atoms with Crippen LogP contribution in [-0.4, -0.2) is 17.0 Å². The predicted octanol–water partition coefficient (Wildman–Crippen LogP) is 1.54. The molecular weight excluding hydrogens is 240 g/mol. The number of nitrogens with one attached hydrogen (secondary N) is 1. The van der Waals surface area contributed by atoms with Gasteiger partial charge in [-0.2, -0.15) is 10.5 Å². The number of carbonyl (C=O) groups excluding carboxylic acids is 1. The number of benzene rings is 1. The molecule has 19 heavy (non-hydrogen) atoms. The number of hydrogen-bond acceptors (Lipinski definition) is 3. The van der Waals surface area contributed by atoms with Gasteiger partial charge in [0.25, 0.3) is 0 Å². The van der Waals surface area contributed by atoms with Crippen LogP contribution in [0.1, 0.15) is 12.0 Å². The molecule has 0 fully saturated rings. The SMILES string of the molecule is N#CCCNC(=O)Cn1ccc2ccc(C#N)cc21. The van der Waals surface area contributed by atoms with Crippen molar-refractivity contribution in [2.75, 3.05) is 6.54 Å². The van der Waals surface area contributed by atoms with Crippen LogP contribution in [0.4, 0.5) is 0 Å². The molecule has 1 aromatic heterocycles. The molecule has 0 aliphatic heterocycles. The van der Waals surface area contributed by atoms with E-state index in [-0.39, 0.29) is 12.5 Å². The van der Waals surface area contributed by atoms with E-state index in [9.17, 15) is 4.79 Å². The van der Waals surface area contributed by atoms with E-state index in [2.05, 4.69) is 11.4 Å². The van der Waals surface area contributed by atoms with Crippen LogP contribution in [-0.2, 0) is 11.3 Å². The van der Waals surface area contributed by atoms with Crippen LogP contribution < -0.4 is 5.32 Å². The van der Waals surface area contributed by atoms with Crippen LogP contribution >= 0.6 is 0 Å². The lowest BCUT2D eigenvalue weighted by Gasteiger charge is -2.06. The molecule has 5 nitrogen and oxygen atoms in total. The summed E-state index contributed by atoms with van der Waals surface area (Å²) in [5.41, 5.74) is 1.42. The Hall–Kier alpha value is -2.79. The van der Waals surface area contributed by atoms with Gasteiger partial charge in [-0.15, -0.1) is 0 Å². The third-order valence-corrected chi connectivity index (χ3v) is 2.78. The molecule has 1 N–H and O–H groups in total. The quantitative estimate of drug-likeness (QED) is 0.838. The second kappa shape index (κ2) is 5.70. The summed E-state index contributed by atoms with van der Waals surface area (Å²) < 4.78 is 1.79. The highest BCUT2D eigenvalue weighted by molar-refractivity contribution is 5.84. The van der Waals surface area contributed by atoms with E-state index in [4.69, 9.17) is 10.5 Å². The third-order valence-electron chi connectivity index (χ3n) is 2.78. The van der Waals surface area contributed by atoms with Gasteiger partial charge in [0.15, 0.2) is 0 Å². The number of carbonyl (C=O) groups is 1. The maximum atomic E-state index is 11.7. The minimum absolute atomic E-state index is 0.143. The maximum absolute atomic E-state index is 11.7. The van der Waals surface area contributed by atoms with E-state index >= 15 is 0 Å². The number of nitrogens with zero attached hydrogens (tertiary/aromatic N) is 3. The van der Waals surface area contributed by atoms with Gasteiger partial charge in [-0.25, -0.2) is 0 Å². The van der Waals surface area contributed by atoms with Crippen molar-refractivity contribution in [3.8, 4) is 12.1 Å². The topological polar surface area (TPSA) is 81.6 Å². The summed E-state index contributed by atoms with van der Waals surface area (Å²) in [5.74, 6) is -0.143. The molecule has 2 aromatic rings. The Morgan fingerprint density at radius 2 is 2.16 bits per heavy atom. The Bertz CT molecular complexity index is 688. The lowest BCUT2D eigenvalue weighted by atomic mass is 10.2. The monoisotopic (exact) mass is 252 g/mol. The van der Waals surface area contributed by atoms with Crippen molar-refractivity contribution in [1.82, 2.24) is 9.88 Å². The van der Waals surface area contributed by atoms with Gasteiger partial charge < -0.3 is 9.88 Å². The summed E-state index contributed by atoms with van der Waals surface area (Å²) in [6, 6.07) is 11.3. The molecule has 0 saturated heterocycles. The van der Waals surface area contributed by atoms with E-state index in [1.165, 1.54) is 0 Å². The molecule has 5 heteroatoms. The zero-order chi connectivity index (χ0) is 13.7. The van der Waals surface area contributed by atoms with E-state index in [0.29, 0.717) is 18.5 Å². The van der Waals surface area contributed by atoms with Crippen molar-refractivity contribution >= 4 is 16.8 Å². The average Bonchev–Trinajstić information content (AvgIpc) is 2.81. The van der Waals surface area contributed by atoms with Gasteiger partial charge in [0.2, 0.25) is 5.91 Å². The van der Waals surface area contributed by atoms with Crippen molar-refractivity contribution in [1.29, 1.82) is 10.5 Å². The first-order valence-electron chi connectivity index (χ1n) is 5.87. The fourth-order valence-corrected chi connectivity index (χ4v) is 1.86. The lowest BCUT2D eigenvalue weighted by Crippen LogP contribution is -2.27. The first-order valence-corrected chi connectivity index (χ1v) is 5.87. The Morgan fingerprint density at radius 3 is 2.89 bits per heavy atom. The largest absolute Gasteiger partial charge is 0.354 e. The van der Waals surface area contributed by atoms with Gasteiger partial charge >= 0.3 is 0 Å². The van der Waals surface area contributed by atoms with Crippen LogP contribution in [0.5, 0.6) is 0 Å². The number of hydrogen-bond donors (Lipinski definition) is 1. The molecular formula is C14H12N4O. The Morgan fingerprint density at radius 1 is 1.32 bits per heavy atom. The second-order valence-electron chi connectivity index (χ2n) is 4.09. The number of amides is 1. The molecule has 0 unspecified atom stereocenters. The average molecular weight is 252 g/mol. The van der Waals surface area contributed by atoms with Crippen LogP contribution in [0, 0.1) is 22.7 Å². The van der Waals surface area contributed by atoms with Crippen molar-refractivity contribution < 1.29 is 4.79 Å². The minimum Gasteiger partial charge on any atom is -0.354 e. The summed E-state index contributed by atoms with van der Waals surface area (Å²) >= 11 is 0. The first kappa shape index (κ1) is 12.7. The number of fused-ring (bicyclic) bond motifs is 1. The molecule has 94 valence electrons. The summed E-state index contributed by atoms with van der Waals surface area (Å²) in [4.78, 5) is 11.7. The molecule has 0 radical (unpaired) electrons. The lowest BCUT2D eigenvalue weighted by molar-refractivity contribution is -0.121. The Balaban J connectivity index is 2.15. The molecule has 0 saturated carbocycles. The molecule has 0 aliphatic carbocycles. The molecule has 0 bridgehead atoms. The highest BCUT2D eigenvalue weighted by atomic mass is 16.1. The normalized spacial score (nSPS) is 9.79. The van der Waals surface area contributed by atoms with Gasteiger partial charge in [0.1, 0.15) is 6.54 Å². The zero-order valence-electron chi connectivity index (χ0n) is 10.3. The standard InChI is InChI=1S/C14H12N4O/c15-5-1-6-17-14(19)10-18-7-4-12-3-2-11(9-16)8-13(12)18/h2-4,7-8H,1,6,10H2,(H,17,19). The highest BCUT2D eigenvalue weighted by Gasteiger charge is 2.06. The van der Waals surface area contributed by atoms with E-state index < -0.39 is 0 Å². The predicted molar refractivity (Wildman–Crippen MR) is 69.9 cm³/mol. The molecule has 0 spiro atoms. The van der Waals surface area contributed by atoms with Crippen molar-refractivity contribution in [2.45, 2.75) is 13.0 Å². The van der Waals surface area contributed by atoms with E-state index in [0.717, 1.165) is 10.9 Å². The fraction of sp³-hybridized carbons (Fsp3) is 0.214. The van der Waals surface area contributed by atoms with Crippen LogP contribution in [0.2, 0.25) is 0 Å². The molecule has 1 aromatic carbocycles. The van der Waals surface area contributed by atoms with Crippen molar-refractivity contribution in [2.24, 2.45) is 0 Å². The third kappa shape index (κ3) is 2.91.